The molecule has 4 aromatic rings. The Morgan fingerprint density at radius 2 is 1.71 bits per heavy atom. The second-order valence-corrected chi connectivity index (χ2v) is 9.41. The summed E-state index contributed by atoms with van der Waals surface area (Å²) in [4.78, 5) is 19.2. The molecule has 5 nitrogen and oxygen atoms in total. The van der Waals surface area contributed by atoms with E-state index in [9.17, 15) is 9.90 Å². The monoisotopic (exact) mass is 507 g/mol. The van der Waals surface area contributed by atoms with Crippen LogP contribution in [0.4, 0.5) is 11.4 Å². The van der Waals surface area contributed by atoms with Crippen LogP contribution >= 0.6 is 23.2 Å². The number of fused-ring (bicyclic) bond motifs is 1. The number of hydrogen-bond donors (Lipinski definition) is 2. The van der Waals surface area contributed by atoms with Crippen LogP contribution in [0.1, 0.15) is 29.8 Å². The highest BCUT2D eigenvalue weighted by Gasteiger charge is 2.15. The lowest BCUT2D eigenvalue weighted by molar-refractivity contribution is 0.101. The fourth-order valence-corrected chi connectivity index (χ4v) is 4.37. The number of ketones is 1. The van der Waals surface area contributed by atoms with Crippen molar-refractivity contribution in [1.29, 1.82) is 0 Å². The lowest BCUT2D eigenvalue weighted by Gasteiger charge is -2.16. The number of phenols is 1. The van der Waals surface area contributed by atoms with Crippen LogP contribution in [0.2, 0.25) is 10.0 Å². The Morgan fingerprint density at radius 3 is 2.34 bits per heavy atom. The molecule has 0 fully saturated rings. The van der Waals surface area contributed by atoms with Gasteiger partial charge in [0, 0.05) is 23.8 Å². The Balaban J connectivity index is 1.73. The summed E-state index contributed by atoms with van der Waals surface area (Å²) < 4.78 is 0. The molecule has 0 aliphatic heterocycles. The second kappa shape index (κ2) is 10.6. The third-order valence-corrected chi connectivity index (χ3v) is 6.72. The van der Waals surface area contributed by atoms with Crippen molar-refractivity contribution in [2.45, 2.75) is 20.3 Å². The number of aromatic hydroxyl groups is 1. The first kappa shape index (κ1) is 25.0. The molecule has 4 rings (SSSR count). The minimum Gasteiger partial charge on any atom is -0.505 e. The van der Waals surface area contributed by atoms with Crippen molar-refractivity contribution in [1.82, 2.24) is 9.88 Å². The number of hydrogen-bond acceptors (Lipinski definition) is 5. The van der Waals surface area contributed by atoms with Gasteiger partial charge in [-0.2, -0.15) is 0 Å². The minimum atomic E-state index is -0.148. The molecule has 0 atom stereocenters. The molecule has 0 aliphatic carbocycles. The van der Waals surface area contributed by atoms with Crippen LogP contribution in [-0.4, -0.2) is 40.9 Å². The molecule has 1 aromatic heterocycles. The van der Waals surface area contributed by atoms with Gasteiger partial charge in [-0.1, -0.05) is 48.3 Å². The first-order valence-electron chi connectivity index (χ1n) is 11.4. The number of nitrogens with zero attached hydrogens (tertiary/aromatic N) is 2. The number of halogens is 2. The zero-order valence-electron chi connectivity index (χ0n) is 19.9. The summed E-state index contributed by atoms with van der Waals surface area (Å²) in [6, 6.07) is 17.3. The molecule has 0 bridgehead atoms. The molecule has 1 heterocycles. The molecule has 0 amide bonds. The predicted octanol–water partition coefficient (Wildman–Crippen LogP) is 7.35. The minimum absolute atomic E-state index is 0.0813. The summed E-state index contributed by atoms with van der Waals surface area (Å²) in [6.45, 7) is 5.70. The van der Waals surface area contributed by atoms with Gasteiger partial charge in [-0.25, -0.2) is 0 Å². The number of phenolic OH excluding ortho intramolecular Hbond substituents is 1. The van der Waals surface area contributed by atoms with Crippen molar-refractivity contribution in [3.8, 4) is 16.9 Å². The molecule has 0 radical (unpaired) electrons. The van der Waals surface area contributed by atoms with Crippen molar-refractivity contribution < 1.29 is 9.90 Å². The van der Waals surface area contributed by atoms with Gasteiger partial charge in [-0.05, 0) is 80.0 Å². The average Bonchev–Trinajstić information content (AvgIpc) is 2.86. The molecular weight excluding hydrogens is 481 g/mol. The van der Waals surface area contributed by atoms with Gasteiger partial charge in [0.2, 0.25) is 0 Å². The topological polar surface area (TPSA) is 65.5 Å². The second-order valence-electron chi connectivity index (χ2n) is 8.59. The fourth-order valence-electron chi connectivity index (χ4n) is 3.88. The van der Waals surface area contributed by atoms with Crippen LogP contribution in [0.3, 0.4) is 0 Å². The molecule has 7 heteroatoms. The molecule has 0 aliphatic rings. The highest BCUT2D eigenvalue weighted by atomic mass is 35.5. The number of rotatable bonds is 8. The highest BCUT2D eigenvalue weighted by molar-refractivity contribution is 6.37. The average molecular weight is 508 g/mol. The lowest BCUT2D eigenvalue weighted by atomic mass is 10.00. The van der Waals surface area contributed by atoms with Crippen molar-refractivity contribution in [3.63, 3.8) is 0 Å². The van der Waals surface area contributed by atoms with Gasteiger partial charge in [0.05, 0.1) is 26.8 Å². The van der Waals surface area contributed by atoms with Gasteiger partial charge in [0.15, 0.2) is 11.5 Å². The maximum atomic E-state index is 12.5. The molecule has 0 spiro atoms. The van der Waals surface area contributed by atoms with Crippen LogP contribution in [0.25, 0.3) is 22.0 Å². The van der Waals surface area contributed by atoms with Gasteiger partial charge in [0.1, 0.15) is 0 Å². The summed E-state index contributed by atoms with van der Waals surface area (Å²) in [7, 11) is 2.11. The van der Waals surface area contributed by atoms with Crippen molar-refractivity contribution >= 4 is 51.3 Å². The summed E-state index contributed by atoms with van der Waals surface area (Å²) >= 11 is 12.3. The summed E-state index contributed by atoms with van der Waals surface area (Å²) in [5.41, 5.74) is 5.67. The molecule has 3 aromatic carbocycles. The van der Waals surface area contributed by atoms with Crippen LogP contribution in [-0.2, 0) is 6.42 Å². The molecule has 35 heavy (non-hydrogen) atoms. The zero-order chi connectivity index (χ0) is 25.1. The number of Topliss-reactive ketones (excluding diaryl/α,β-unsaturated/α-hetero) is 1. The third-order valence-electron chi connectivity index (χ3n) is 6.14. The normalized spacial score (nSPS) is 11.3. The number of anilines is 2. The van der Waals surface area contributed by atoms with E-state index in [2.05, 4.69) is 41.3 Å². The van der Waals surface area contributed by atoms with Crippen LogP contribution in [0, 0.1) is 0 Å². The zero-order valence-corrected chi connectivity index (χ0v) is 21.4. The number of nitrogens with one attached hydrogen (secondary N) is 1. The molecule has 0 saturated carbocycles. The van der Waals surface area contributed by atoms with Crippen molar-refractivity contribution in [2.24, 2.45) is 0 Å². The largest absolute Gasteiger partial charge is 0.505 e. The number of pyridine rings is 1. The summed E-state index contributed by atoms with van der Waals surface area (Å²) in [5.74, 6) is -0.229. The SMILES string of the molecule is CCN(C)CCc1ccc(Nc2c(C(C)=O)cnc3ccc(-c4cc(Cl)c(O)c(Cl)c4)cc23)cc1. The lowest BCUT2D eigenvalue weighted by Crippen LogP contribution is -2.20. The van der Waals surface area contributed by atoms with E-state index >= 15 is 0 Å². The van der Waals surface area contributed by atoms with Crippen molar-refractivity contribution in [2.75, 3.05) is 25.5 Å². The number of carbonyl (C=O) groups is 1. The summed E-state index contributed by atoms with van der Waals surface area (Å²) in [6.07, 6.45) is 2.58. The van der Waals surface area contributed by atoms with E-state index in [0.29, 0.717) is 11.3 Å². The Hall–Kier alpha value is -3.12. The number of carbonyl (C=O) groups excluding carboxylic acids is 1. The standard InChI is InChI=1S/C28H27Cl2N3O2/c1-4-33(3)12-11-18-5-8-21(9-6-18)32-27-22-13-19(20-14-24(29)28(35)25(30)15-20)7-10-26(22)31-16-23(27)17(2)34/h5-10,13-16,35H,4,11-12H2,1-3H3,(H,31,32). The Kier molecular flexibility index (Phi) is 7.60. The molecule has 180 valence electrons. The first-order chi connectivity index (χ1) is 16.8. The van der Waals surface area contributed by atoms with Gasteiger partial charge >= 0.3 is 0 Å². The van der Waals surface area contributed by atoms with Gasteiger partial charge in [0.25, 0.3) is 0 Å². The van der Waals surface area contributed by atoms with E-state index in [0.717, 1.165) is 47.2 Å². The highest BCUT2D eigenvalue weighted by Crippen LogP contribution is 2.38. The van der Waals surface area contributed by atoms with Crippen LogP contribution in [0.5, 0.6) is 5.75 Å². The van der Waals surface area contributed by atoms with Crippen molar-refractivity contribution in [3.05, 3.63) is 82.0 Å². The maximum Gasteiger partial charge on any atom is 0.163 e. The number of likely N-dealkylation sites (N-methyl/N-ethyl adjacent to an activating group) is 1. The fraction of sp³-hybridized carbons (Fsp3) is 0.214. The number of aromatic nitrogens is 1. The first-order valence-corrected chi connectivity index (χ1v) is 12.2. The van der Waals surface area contributed by atoms with Crippen LogP contribution < -0.4 is 5.32 Å². The summed E-state index contributed by atoms with van der Waals surface area (Å²) in [5, 5.41) is 14.5. The van der Waals surface area contributed by atoms with Gasteiger partial charge in [-0.3, -0.25) is 9.78 Å². The van der Waals surface area contributed by atoms with E-state index in [-0.39, 0.29) is 21.6 Å². The Bertz CT molecular complexity index is 1360. The van der Waals surface area contributed by atoms with Gasteiger partial charge in [-0.15, -0.1) is 0 Å². The van der Waals surface area contributed by atoms with E-state index < -0.39 is 0 Å². The number of benzene rings is 3. The molecule has 0 unspecified atom stereocenters. The molecule has 0 saturated heterocycles. The predicted molar refractivity (Wildman–Crippen MR) is 145 cm³/mol. The van der Waals surface area contributed by atoms with Crippen LogP contribution in [0.15, 0.2) is 60.8 Å². The smallest absolute Gasteiger partial charge is 0.163 e. The van der Waals surface area contributed by atoms with E-state index in [1.165, 1.54) is 12.5 Å². The molecular formula is C28H27Cl2N3O2. The quantitative estimate of drug-likeness (QED) is 0.244. The van der Waals surface area contributed by atoms with E-state index in [1.807, 2.05) is 30.3 Å². The van der Waals surface area contributed by atoms with E-state index in [4.69, 9.17) is 23.2 Å². The Morgan fingerprint density at radius 1 is 1.03 bits per heavy atom. The van der Waals surface area contributed by atoms with E-state index in [1.54, 1.807) is 18.3 Å². The maximum absolute atomic E-state index is 12.5. The third kappa shape index (κ3) is 5.59. The Labute approximate surface area is 215 Å². The molecule has 2 N–H and O–H groups in total. The van der Waals surface area contributed by atoms with Gasteiger partial charge < -0.3 is 15.3 Å².